The Morgan fingerprint density at radius 3 is 1.11 bits per heavy atom. The van der Waals surface area contributed by atoms with Crippen molar-refractivity contribution in [2.75, 3.05) is 37.7 Å². The zero-order valence-corrected chi connectivity index (χ0v) is 95.1. The smallest absolute Gasteiger partial charge is 0.181 e. The van der Waals surface area contributed by atoms with E-state index in [9.17, 15) is 73.3 Å². The molecule has 22 heteroatoms. The van der Waals surface area contributed by atoms with Crippen LogP contribution in [0.3, 0.4) is 0 Å². The van der Waals surface area contributed by atoms with E-state index < -0.39 is 69.7 Å². The van der Waals surface area contributed by atoms with Crippen LogP contribution in [0, 0.1) is 150 Å². The van der Waals surface area contributed by atoms with Gasteiger partial charge in [0, 0.05) is 5.56 Å². The number of fused-ring (bicyclic) bond motifs is 15. The first-order valence-electron chi connectivity index (χ1n) is 55.5. The SMILES string of the molecule is CC[C@]1(O)CC[C@@]2(C)C(=CC[C@H]3[C@@H]4CC[C@H]([C@H](C)C(C[C@H](O)c5cccc(F)c5)S(=O)(=O)c5ccccc5)[C@@]4(C)CC[C@@H]32)C1.CC[C@]1(O)CC[C@@]2(C)C(=CC[C@H]3[C@@H]4CC[C@H]([C@H](C)CC[C@H](O)c5cccc(F)c5)[C@@]4(C)CC[C@@H]32)C1.CC[C@]1(O)CC[C@@]2(C)C(=CC[C@H]3[C@@H]4CC[C@H]([C@H](C)CS(=O)(=O)c5ccccc5)[C@@]4(C)CC[C@@H]32)C1.C[S+](C)(C)=O.Fc1cccc(C2CO2)c1.Fc1cccc([C@@H]2CO2)c1.O=Cc1cccc(F)c1.[I-]. The molecule has 21 rings (SSSR count). The molecule has 0 spiro atoms. The summed E-state index contributed by atoms with van der Waals surface area (Å²) in [4.78, 5) is 10.7. The van der Waals surface area contributed by atoms with Crippen molar-refractivity contribution in [2.45, 2.75) is 332 Å². The highest BCUT2D eigenvalue weighted by atomic mass is 127. The molecule has 0 radical (unpaired) electrons. The Bertz CT molecular complexity index is 5990. The van der Waals surface area contributed by atoms with Gasteiger partial charge in [0.05, 0.1) is 73.0 Å². The Morgan fingerprint density at radius 2 is 0.757 bits per heavy atom. The zero-order valence-electron chi connectivity index (χ0n) is 90.5. The van der Waals surface area contributed by atoms with E-state index in [0.29, 0.717) is 93.0 Å². The largest absolute Gasteiger partial charge is 1.00 e. The molecule has 7 aromatic carbocycles. The van der Waals surface area contributed by atoms with Crippen molar-refractivity contribution in [3.05, 3.63) is 274 Å². The van der Waals surface area contributed by atoms with Crippen molar-refractivity contribution in [1.29, 1.82) is 0 Å². The number of epoxide rings is 2. The second kappa shape index (κ2) is 47.7. The van der Waals surface area contributed by atoms with Gasteiger partial charge in [0.15, 0.2) is 19.7 Å². The summed E-state index contributed by atoms with van der Waals surface area (Å²) in [6.45, 7) is 29.5. The fourth-order valence-electron chi connectivity index (χ4n) is 31.8. The number of hydrogen-bond acceptors (Lipinski definition) is 13. The maximum absolute atomic E-state index is 14.3. The summed E-state index contributed by atoms with van der Waals surface area (Å²) < 4.78 is 140. The van der Waals surface area contributed by atoms with E-state index in [1.165, 1.54) is 136 Å². The molecule has 2 saturated heterocycles. The molecule has 148 heavy (non-hydrogen) atoms. The molecule has 5 N–H and O–H groups in total. The van der Waals surface area contributed by atoms with E-state index in [0.717, 1.165) is 164 Å². The Balaban J connectivity index is 0.000000150. The van der Waals surface area contributed by atoms with E-state index in [2.05, 4.69) is 101 Å². The second-order valence-electron chi connectivity index (χ2n) is 49.6. The average molecular weight is 2210 g/mol. The van der Waals surface area contributed by atoms with Gasteiger partial charge in [0.1, 0.15) is 66.3 Å². The van der Waals surface area contributed by atoms with Gasteiger partial charge in [-0.1, -0.05) is 215 Å². The molecule has 2 unspecified atom stereocenters. The summed E-state index contributed by atoms with van der Waals surface area (Å²) >= 11 is 0. The van der Waals surface area contributed by atoms with Gasteiger partial charge in [-0.2, -0.15) is 0 Å². The number of rotatable bonds is 22. The average Bonchev–Trinajstić information content (AvgIpc) is 1.48. The number of aldehydes is 1. The van der Waals surface area contributed by atoms with Gasteiger partial charge < -0.3 is 59.0 Å². The van der Waals surface area contributed by atoms with E-state index in [1.807, 2.05) is 42.5 Å². The maximum atomic E-state index is 14.3. The Kier molecular flexibility index (Phi) is 37.8. The molecule has 2 heterocycles. The van der Waals surface area contributed by atoms with Crippen LogP contribution in [-0.2, 0) is 43.3 Å². The van der Waals surface area contributed by atoms with Crippen LogP contribution >= 0.6 is 0 Å². The van der Waals surface area contributed by atoms with Gasteiger partial charge in [0.2, 0.25) is 0 Å². The molecule has 14 aliphatic rings. The van der Waals surface area contributed by atoms with Crippen LogP contribution in [0.4, 0.5) is 22.0 Å². The lowest BCUT2D eigenvalue weighted by Gasteiger charge is -2.59. The monoisotopic (exact) mass is 2210 g/mol. The number of allylic oxidation sites excluding steroid dienone is 3. The molecular weight excluding hydrogens is 2040 g/mol. The Labute approximate surface area is 900 Å². The molecule has 29 atom stereocenters. The fourth-order valence-corrected chi connectivity index (χ4v) is 35.6. The minimum atomic E-state index is -3.77. The molecule has 12 aliphatic carbocycles. The summed E-state index contributed by atoms with van der Waals surface area (Å²) in [5.74, 6) is 6.97. The van der Waals surface area contributed by atoms with Crippen molar-refractivity contribution in [3.8, 4) is 0 Å². The summed E-state index contributed by atoms with van der Waals surface area (Å²) in [6, 6.07) is 48.6. The minimum absolute atomic E-state index is 0. The predicted octanol–water partition coefficient (Wildman–Crippen LogP) is 26.1. The lowest BCUT2D eigenvalue weighted by Crippen LogP contribution is -3.00. The molecule has 2 aliphatic heterocycles. The van der Waals surface area contributed by atoms with Crippen LogP contribution < -0.4 is 24.0 Å². The summed E-state index contributed by atoms with van der Waals surface area (Å²) in [7, 11) is -8.44. The summed E-state index contributed by atoms with van der Waals surface area (Å²) in [6.07, 6.45) is 42.8. The molecule has 13 nitrogen and oxygen atoms in total. The maximum Gasteiger partial charge on any atom is 0.181 e. The van der Waals surface area contributed by atoms with Crippen molar-refractivity contribution in [2.24, 2.45) is 121 Å². The first kappa shape index (κ1) is 117. The van der Waals surface area contributed by atoms with Gasteiger partial charge in [-0.25, -0.2) is 38.8 Å². The minimum Gasteiger partial charge on any atom is -1.00 e. The zero-order chi connectivity index (χ0) is 106. The number of halogens is 6. The first-order chi connectivity index (χ1) is 69.5. The lowest BCUT2D eigenvalue weighted by atomic mass is 9.46. The number of ether oxygens (including phenoxy) is 2. The molecule has 7 aromatic rings. The third kappa shape index (κ3) is 26.1. The molecule has 0 bridgehead atoms. The van der Waals surface area contributed by atoms with Crippen molar-refractivity contribution in [1.82, 2.24) is 0 Å². The second-order valence-corrected chi connectivity index (χ2v) is 57.3. The number of carbonyl (C=O) groups is 1. The quantitative estimate of drug-likeness (QED) is 0.0106. The van der Waals surface area contributed by atoms with Crippen molar-refractivity contribution < 1.29 is 107 Å². The third-order valence-corrected chi connectivity index (χ3v) is 44.8. The Morgan fingerprint density at radius 1 is 0.412 bits per heavy atom. The Hall–Kier alpha value is -6.42. The number of aliphatic hydroxyl groups excluding tert-OH is 2. The van der Waals surface area contributed by atoms with Crippen LogP contribution in [0.15, 0.2) is 227 Å². The number of carbonyl (C=O) groups excluding carboxylic acids is 1. The predicted molar refractivity (Wildman–Crippen MR) is 579 cm³/mol. The summed E-state index contributed by atoms with van der Waals surface area (Å²) in [5.41, 5.74) is 7.73. The highest BCUT2D eigenvalue weighted by Crippen LogP contribution is 2.73. The molecular formula is C126H170F5IO13S3. The van der Waals surface area contributed by atoms with E-state index in [4.69, 9.17) is 9.47 Å². The van der Waals surface area contributed by atoms with Gasteiger partial charge in [0.25, 0.3) is 0 Å². The number of benzene rings is 7. The van der Waals surface area contributed by atoms with E-state index in [1.54, 1.807) is 97.1 Å². The van der Waals surface area contributed by atoms with Gasteiger partial charge >= 0.3 is 0 Å². The van der Waals surface area contributed by atoms with Crippen LogP contribution in [0.2, 0.25) is 0 Å². The fraction of sp³-hybridized carbons (Fsp3) is 0.611. The highest BCUT2D eigenvalue weighted by Gasteiger charge is 2.65. The van der Waals surface area contributed by atoms with Crippen LogP contribution in [-0.4, -0.2) is 108 Å². The molecule has 812 valence electrons. The number of sulfone groups is 2. The van der Waals surface area contributed by atoms with Crippen molar-refractivity contribution in [3.63, 3.8) is 0 Å². The molecule has 11 fully saturated rings. The summed E-state index contributed by atoms with van der Waals surface area (Å²) in [5, 5.41) is 54.4. The van der Waals surface area contributed by atoms with Gasteiger partial charge in [-0.05, 0) is 421 Å². The number of aliphatic hydroxyl groups is 5. The van der Waals surface area contributed by atoms with Crippen LogP contribution in [0.1, 0.15) is 333 Å². The third-order valence-electron chi connectivity index (χ3n) is 40.5. The normalized spacial score (nSPS) is 34.9. The lowest BCUT2D eigenvalue weighted by molar-refractivity contribution is -0.0757. The topological polar surface area (TPSA) is 229 Å². The van der Waals surface area contributed by atoms with E-state index >= 15 is 0 Å². The van der Waals surface area contributed by atoms with Crippen LogP contribution in [0.5, 0.6) is 0 Å². The molecule has 0 aromatic heterocycles. The molecule has 0 amide bonds. The van der Waals surface area contributed by atoms with Crippen molar-refractivity contribution >= 4 is 35.9 Å². The molecule has 9 saturated carbocycles. The van der Waals surface area contributed by atoms with E-state index in [-0.39, 0.29) is 121 Å². The standard InChI is InChI=1S/C38H51FO4S.C32H47FO2.C30H44O3S.2C8H7FO.C7H5FO.C3H9OS.HI/c1-5-38(41)21-20-36(3)27(24-38)14-15-30-32-17-16-31(37(32,4)19-18-33(30)36)25(2)35(44(42,43)29-12-7-6-8-13-29)23-34(40)26-10-9-11-28(39)22-26;1-5-32(35)18-17-30(3)23(20-32)10-11-25-27-13-12-26(31(27,4)16-15-28(25)30)21(2)9-14-29(34)22-7-6-8-24(33)19-22;1-5-30(31)18-17-28(3)22(19-30)11-12-24-26-14-13-25(29(26,4)16-15-27(24)28)21(2)20-34(32,33)23-9-7-6-8-10-23;2*9-7-3-1-2-6(4-7)8-5-10-8;8-7-3-1-2-6(4-7)5-9;1-5(2,3)4;/h6-14,22,25,30-35,40-41H,5,15-21,23-24H2,1-4H3;6-8,10,19,21,25-29,34-35H,5,9,11-18,20H2,1-4H3;6-11,21,24-27,31H,5,12-20H2,1-4H3;2*1-4,8H,5H2;1-5H;1-3H3;1H/q;;;;;;+1;/p-1/t25-,30-,31+,32-,33-,34-,35?,36-,37+,38-;21-,25+,26-,27+,28+,29+,30+,31-,32+;21-,24+,25-,26+,27+,28+,29-,30+;8-;;;;/m0110..../s1. The van der Waals surface area contributed by atoms with Crippen LogP contribution in [0.25, 0.3) is 0 Å². The van der Waals surface area contributed by atoms with Gasteiger partial charge in [-0.3, -0.25) is 4.79 Å². The first-order valence-corrected chi connectivity index (χ1v) is 61.5. The highest BCUT2D eigenvalue weighted by molar-refractivity contribution is 8.01. The van der Waals surface area contributed by atoms with Gasteiger partial charge in [-0.15, -0.1) is 4.21 Å². The number of hydrogen-bond donors (Lipinski definition) is 5.